The second kappa shape index (κ2) is 8.56. The average molecular weight is 381 g/mol. The molecular formula is C21H23N3O4. The zero-order chi connectivity index (χ0) is 20.1. The lowest BCUT2D eigenvalue weighted by Crippen LogP contribution is -2.56. The molecule has 0 spiro atoms. The van der Waals surface area contributed by atoms with Crippen LogP contribution in [0, 0.1) is 0 Å². The van der Waals surface area contributed by atoms with Gasteiger partial charge in [-0.3, -0.25) is 14.4 Å². The summed E-state index contributed by atoms with van der Waals surface area (Å²) in [6.07, 6.45) is 0.919. The predicted molar refractivity (Wildman–Crippen MR) is 106 cm³/mol. The van der Waals surface area contributed by atoms with E-state index in [1.54, 1.807) is 31.4 Å². The number of rotatable bonds is 6. The first-order chi connectivity index (χ1) is 13.5. The smallest absolute Gasteiger partial charge is 0.316 e. The van der Waals surface area contributed by atoms with Gasteiger partial charge in [-0.05, 0) is 36.2 Å². The third-order valence-corrected chi connectivity index (χ3v) is 4.65. The van der Waals surface area contributed by atoms with Crippen LogP contribution in [0.15, 0.2) is 48.5 Å². The number of methoxy groups -OCH3 is 1. The lowest BCUT2D eigenvalue weighted by molar-refractivity contribution is -0.147. The summed E-state index contributed by atoms with van der Waals surface area (Å²) in [6.45, 7) is 2.49. The summed E-state index contributed by atoms with van der Waals surface area (Å²) < 4.78 is 5.17. The number of amides is 3. The molecule has 2 aromatic rings. The van der Waals surface area contributed by atoms with E-state index >= 15 is 0 Å². The second-order valence-corrected chi connectivity index (χ2v) is 6.48. The van der Waals surface area contributed by atoms with Crippen LogP contribution in [0.4, 0.5) is 11.4 Å². The van der Waals surface area contributed by atoms with Gasteiger partial charge in [0.15, 0.2) is 0 Å². The Bertz CT molecular complexity index is 879. The molecule has 0 aliphatic carbocycles. The fourth-order valence-corrected chi connectivity index (χ4v) is 3.05. The largest absolute Gasteiger partial charge is 0.497 e. The Labute approximate surface area is 163 Å². The lowest BCUT2D eigenvalue weighted by atomic mass is 10.1. The first-order valence-corrected chi connectivity index (χ1v) is 9.15. The maximum atomic E-state index is 12.5. The number of carbonyl (C=O) groups is 3. The first kappa shape index (κ1) is 19.4. The first-order valence-electron chi connectivity index (χ1n) is 9.15. The molecule has 7 heteroatoms. The van der Waals surface area contributed by atoms with Gasteiger partial charge in [-0.1, -0.05) is 25.1 Å². The van der Waals surface area contributed by atoms with Crippen LogP contribution in [-0.2, 0) is 20.8 Å². The van der Waals surface area contributed by atoms with Gasteiger partial charge in [0.2, 0.25) is 5.91 Å². The van der Waals surface area contributed by atoms with Crippen LogP contribution in [0.25, 0.3) is 0 Å². The van der Waals surface area contributed by atoms with Crippen molar-refractivity contribution in [2.75, 3.05) is 37.0 Å². The zero-order valence-corrected chi connectivity index (χ0v) is 16.0. The lowest BCUT2D eigenvalue weighted by Gasteiger charge is -2.33. The summed E-state index contributed by atoms with van der Waals surface area (Å²) in [5.74, 6) is -1.07. The van der Waals surface area contributed by atoms with E-state index < -0.39 is 11.8 Å². The molecular weight excluding hydrogens is 358 g/mol. The molecule has 0 radical (unpaired) electrons. The minimum absolute atomic E-state index is 0.161. The third-order valence-electron chi connectivity index (χ3n) is 4.65. The number of hydrogen-bond donors (Lipinski definition) is 1. The van der Waals surface area contributed by atoms with E-state index in [1.807, 2.05) is 24.3 Å². The summed E-state index contributed by atoms with van der Waals surface area (Å²) in [7, 11) is 1.54. The molecule has 1 saturated heterocycles. The van der Waals surface area contributed by atoms with E-state index in [-0.39, 0.29) is 19.0 Å². The summed E-state index contributed by atoms with van der Waals surface area (Å²) in [6, 6.07) is 14.5. The maximum absolute atomic E-state index is 12.5. The van der Waals surface area contributed by atoms with Crippen molar-refractivity contribution in [3.8, 4) is 5.75 Å². The van der Waals surface area contributed by atoms with Gasteiger partial charge in [-0.25, -0.2) is 0 Å². The average Bonchev–Trinajstić information content (AvgIpc) is 2.72. The molecule has 0 aromatic heterocycles. The normalized spacial score (nSPS) is 14.2. The maximum Gasteiger partial charge on any atom is 0.316 e. The van der Waals surface area contributed by atoms with Crippen molar-refractivity contribution in [2.45, 2.75) is 13.3 Å². The summed E-state index contributed by atoms with van der Waals surface area (Å²) in [5.41, 5.74) is 2.43. The number of carbonyl (C=O) groups excluding carboxylic acids is 3. The Balaban J connectivity index is 1.61. The predicted octanol–water partition coefficient (Wildman–Crippen LogP) is 2.07. The molecule has 1 fully saturated rings. The van der Waals surface area contributed by atoms with E-state index in [2.05, 4.69) is 12.2 Å². The molecule has 7 nitrogen and oxygen atoms in total. The van der Waals surface area contributed by atoms with Crippen LogP contribution in [-0.4, -0.2) is 49.4 Å². The Morgan fingerprint density at radius 2 is 1.82 bits per heavy atom. The highest BCUT2D eigenvalue weighted by Crippen LogP contribution is 2.23. The van der Waals surface area contributed by atoms with Gasteiger partial charge in [0, 0.05) is 30.5 Å². The van der Waals surface area contributed by atoms with Crippen molar-refractivity contribution in [1.82, 2.24) is 4.90 Å². The quantitative estimate of drug-likeness (QED) is 0.777. The minimum atomic E-state index is -0.689. The molecule has 146 valence electrons. The highest BCUT2D eigenvalue weighted by Gasteiger charge is 2.34. The number of benzene rings is 2. The number of aryl methyl sites for hydroxylation is 1. The summed E-state index contributed by atoms with van der Waals surface area (Å²) >= 11 is 0. The monoisotopic (exact) mass is 381 g/mol. The zero-order valence-electron chi connectivity index (χ0n) is 16.0. The Kier molecular flexibility index (Phi) is 5.93. The Morgan fingerprint density at radius 3 is 2.50 bits per heavy atom. The molecule has 0 atom stereocenters. The summed E-state index contributed by atoms with van der Waals surface area (Å²) in [4.78, 5) is 39.9. The number of nitrogens with one attached hydrogen (secondary N) is 1. The van der Waals surface area contributed by atoms with Crippen molar-refractivity contribution >= 4 is 29.1 Å². The standard InChI is InChI=1S/C21H23N3O4/c1-3-15-7-9-16(10-8-15)22-19(25)14-23-11-12-24(21(27)20(23)26)17-5-4-6-18(13-17)28-2/h4-10,13H,3,11-12,14H2,1-2H3,(H,22,25). The van der Waals surface area contributed by atoms with Crippen molar-refractivity contribution in [3.05, 3.63) is 54.1 Å². The van der Waals surface area contributed by atoms with E-state index in [0.29, 0.717) is 23.7 Å². The molecule has 1 aliphatic rings. The number of piperazine rings is 1. The van der Waals surface area contributed by atoms with Gasteiger partial charge in [0.25, 0.3) is 0 Å². The number of anilines is 2. The second-order valence-electron chi connectivity index (χ2n) is 6.48. The molecule has 2 aromatic carbocycles. The van der Waals surface area contributed by atoms with E-state index in [1.165, 1.54) is 15.4 Å². The molecule has 3 amide bonds. The third kappa shape index (κ3) is 4.31. The molecule has 1 heterocycles. The fourth-order valence-electron chi connectivity index (χ4n) is 3.05. The van der Waals surface area contributed by atoms with E-state index in [0.717, 1.165) is 6.42 Å². The van der Waals surface area contributed by atoms with Gasteiger partial charge in [0.1, 0.15) is 12.3 Å². The van der Waals surface area contributed by atoms with Crippen molar-refractivity contribution in [2.24, 2.45) is 0 Å². The summed E-state index contributed by atoms with van der Waals surface area (Å²) in [5, 5.41) is 2.76. The Morgan fingerprint density at radius 1 is 1.07 bits per heavy atom. The van der Waals surface area contributed by atoms with Crippen LogP contribution < -0.4 is 15.0 Å². The Hall–Kier alpha value is -3.35. The molecule has 3 rings (SSSR count). The van der Waals surface area contributed by atoms with Crippen LogP contribution in [0.1, 0.15) is 12.5 Å². The number of hydrogen-bond acceptors (Lipinski definition) is 4. The highest BCUT2D eigenvalue weighted by molar-refractivity contribution is 6.41. The van der Waals surface area contributed by atoms with Crippen molar-refractivity contribution < 1.29 is 19.1 Å². The van der Waals surface area contributed by atoms with Crippen LogP contribution >= 0.6 is 0 Å². The van der Waals surface area contributed by atoms with E-state index in [9.17, 15) is 14.4 Å². The minimum Gasteiger partial charge on any atom is -0.497 e. The van der Waals surface area contributed by atoms with Crippen LogP contribution in [0.2, 0.25) is 0 Å². The fraction of sp³-hybridized carbons (Fsp3) is 0.286. The molecule has 0 saturated carbocycles. The molecule has 0 bridgehead atoms. The van der Waals surface area contributed by atoms with Gasteiger partial charge in [-0.15, -0.1) is 0 Å². The highest BCUT2D eigenvalue weighted by atomic mass is 16.5. The molecule has 0 unspecified atom stereocenters. The van der Waals surface area contributed by atoms with Gasteiger partial charge >= 0.3 is 11.8 Å². The van der Waals surface area contributed by atoms with Crippen LogP contribution in [0.5, 0.6) is 5.75 Å². The molecule has 28 heavy (non-hydrogen) atoms. The SMILES string of the molecule is CCc1ccc(NC(=O)CN2CCN(c3cccc(OC)c3)C(=O)C2=O)cc1. The molecule has 1 aliphatic heterocycles. The van der Waals surface area contributed by atoms with Gasteiger partial charge in [0.05, 0.1) is 7.11 Å². The van der Waals surface area contributed by atoms with Gasteiger partial charge < -0.3 is 19.9 Å². The van der Waals surface area contributed by atoms with Crippen LogP contribution in [0.3, 0.4) is 0 Å². The number of ether oxygens (including phenoxy) is 1. The topological polar surface area (TPSA) is 79.0 Å². The number of nitrogens with zero attached hydrogens (tertiary/aromatic N) is 2. The van der Waals surface area contributed by atoms with Crippen molar-refractivity contribution in [3.63, 3.8) is 0 Å². The molecule has 1 N–H and O–H groups in total. The van der Waals surface area contributed by atoms with Gasteiger partial charge in [-0.2, -0.15) is 0 Å². The van der Waals surface area contributed by atoms with Crippen molar-refractivity contribution in [1.29, 1.82) is 0 Å². The van der Waals surface area contributed by atoms with E-state index in [4.69, 9.17) is 4.74 Å².